The highest BCUT2D eigenvalue weighted by Gasteiger charge is 2.24. The van der Waals surface area contributed by atoms with Crippen molar-refractivity contribution in [3.63, 3.8) is 0 Å². The summed E-state index contributed by atoms with van der Waals surface area (Å²) in [7, 11) is 0. The number of thiophene rings is 1. The van der Waals surface area contributed by atoms with Gasteiger partial charge in [0.1, 0.15) is 15.5 Å². The molecule has 0 radical (unpaired) electrons. The third-order valence-corrected chi connectivity index (χ3v) is 6.10. The maximum atomic E-state index is 13.9. The molecule has 1 atom stereocenters. The van der Waals surface area contributed by atoms with Gasteiger partial charge in [-0.1, -0.05) is 6.07 Å². The number of amides is 1. The number of nitrogens with zero attached hydrogens (tertiary/aromatic N) is 1. The van der Waals surface area contributed by atoms with E-state index in [0.717, 1.165) is 34.3 Å². The van der Waals surface area contributed by atoms with E-state index < -0.39 is 0 Å². The second-order valence-corrected chi connectivity index (χ2v) is 7.93. The van der Waals surface area contributed by atoms with Crippen molar-refractivity contribution < 1.29 is 9.18 Å². The zero-order chi connectivity index (χ0) is 18.4. The van der Waals surface area contributed by atoms with Crippen molar-refractivity contribution in [2.75, 3.05) is 5.73 Å². The van der Waals surface area contributed by atoms with Crippen LogP contribution >= 0.6 is 11.3 Å². The van der Waals surface area contributed by atoms with Crippen LogP contribution in [0.4, 0.5) is 10.1 Å². The molecular weight excluding hydrogens is 349 g/mol. The van der Waals surface area contributed by atoms with Gasteiger partial charge in [-0.2, -0.15) is 0 Å². The average molecular weight is 369 g/mol. The lowest BCUT2D eigenvalue weighted by Crippen LogP contribution is -2.38. The fourth-order valence-corrected chi connectivity index (χ4v) is 4.58. The van der Waals surface area contributed by atoms with Gasteiger partial charge >= 0.3 is 0 Å². The molecule has 0 saturated heterocycles. The van der Waals surface area contributed by atoms with E-state index >= 15 is 0 Å². The Hall–Kier alpha value is -2.47. The lowest BCUT2D eigenvalue weighted by Gasteiger charge is -2.26. The van der Waals surface area contributed by atoms with E-state index in [9.17, 15) is 9.18 Å². The summed E-state index contributed by atoms with van der Waals surface area (Å²) < 4.78 is 13.9. The van der Waals surface area contributed by atoms with Gasteiger partial charge < -0.3 is 11.1 Å². The van der Waals surface area contributed by atoms with E-state index in [1.165, 1.54) is 16.9 Å². The molecule has 1 amide bonds. The summed E-state index contributed by atoms with van der Waals surface area (Å²) in [6, 6.07) is 7.30. The van der Waals surface area contributed by atoms with Gasteiger partial charge in [0, 0.05) is 17.1 Å². The number of pyridine rings is 1. The zero-order valence-corrected chi connectivity index (χ0v) is 15.5. The van der Waals surface area contributed by atoms with E-state index in [2.05, 4.69) is 10.3 Å². The van der Waals surface area contributed by atoms with Crippen LogP contribution in [0.1, 0.15) is 38.5 Å². The van der Waals surface area contributed by atoms with Crippen molar-refractivity contribution in [2.45, 2.75) is 39.2 Å². The Kier molecular flexibility index (Phi) is 4.15. The molecule has 1 aliphatic rings. The normalized spacial score (nSPS) is 16.5. The zero-order valence-electron chi connectivity index (χ0n) is 14.7. The number of halogens is 1. The number of aromatic nitrogens is 1. The minimum atomic E-state index is -0.189. The first kappa shape index (κ1) is 17.0. The quantitative estimate of drug-likeness (QED) is 0.719. The minimum Gasteiger partial charge on any atom is -0.397 e. The second-order valence-electron chi connectivity index (χ2n) is 6.93. The number of aryl methyl sites for hydroxylation is 3. The van der Waals surface area contributed by atoms with Gasteiger partial charge in [0.05, 0.1) is 5.69 Å². The number of carbonyl (C=O) groups is 1. The summed E-state index contributed by atoms with van der Waals surface area (Å²) in [4.78, 5) is 18.5. The molecule has 3 N–H and O–H groups in total. The summed E-state index contributed by atoms with van der Waals surface area (Å²) in [5, 5.41) is 3.88. The van der Waals surface area contributed by atoms with Crippen LogP contribution in [0.3, 0.4) is 0 Å². The molecule has 1 aliphatic carbocycles. The lowest BCUT2D eigenvalue weighted by atomic mass is 9.87. The Bertz CT molecular complexity index is 1030. The maximum absolute atomic E-state index is 13.9. The van der Waals surface area contributed by atoms with Crippen molar-refractivity contribution in [1.82, 2.24) is 10.3 Å². The first-order valence-corrected chi connectivity index (χ1v) is 9.48. The highest BCUT2D eigenvalue weighted by atomic mass is 32.1. The maximum Gasteiger partial charge on any atom is 0.263 e. The number of rotatable bonds is 2. The summed E-state index contributed by atoms with van der Waals surface area (Å²) in [5.74, 6) is -0.366. The van der Waals surface area contributed by atoms with Gasteiger partial charge in [0.25, 0.3) is 5.91 Å². The molecule has 0 spiro atoms. The molecule has 2 aromatic heterocycles. The van der Waals surface area contributed by atoms with Crippen LogP contribution in [-0.2, 0) is 12.8 Å². The van der Waals surface area contributed by atoms with E-state index in [-0.39, 0.29) is 17.8 Å². The Balaban J connectivity index is 1.55. The number of anilines is 1. The van der Waals surface area contributed by atoms with Crippen molar-refractivity contribution in [3.05, 3.63) is 57.3 Å². The minimum absolute atomic E-state index is 0.0172. The average Bonchev–Trinajstić information content (AvgIpc) is 2.92. The summed E-state index contributed by atoms with van der Waals surface area (Å²) in [5.41, 5.74) is 10.4. The Morgan fingerprint density at radius 2 is 2.12 bits per heavy atom. The smallest absolute Gasteiger partial charge is 0.263 e. The molecule has 0 aliphatic heterocycles. The Morgan fingerprint density at radius 1 is 1.31 bits per heavy atom. The number of hydrogen-bond acceptors (Lipinski definition) is 4. The van der Waals surface area contributed by atoms with Gasteiger partial charge in [-0.3, -0.25) is 4.79 Å². The van der Waals surface area contributed by atoms with E-state index in [4.69, 9.17) is 5.73 Å². The molecule has 2 heterocycles. The van der Waals surface area contributed by atoms with Crippen molar-refractivity contribution in [1.29, 1.82) is 0 Å². The number of benzene rings is 1. The molecule has 0 unspecified atom stereocenters. The van der Waals surface area contributed by atoms with E-state index in [0.29, 0.717) is 22.5 Å². The van der Waals surface area contributed by atoms with Crippen LogP contribution < -0.4 is 11.1 Å². The fraction of sp³-hybridized carbons (Fsp3) is 0.300. The predicted molar refractivity (Wildman–Crippen MR) is 103 cm³/mol. The Labute approximate surface area is 155 Å². The van der Waals surface area contributed by atoms with Crippen LogP contribution in [-0.4, -0.2) is 16.9 Å². The molecule has 0 saturated carbocycles. The van der Waals surface area contributed by atoms with Crippen LogP contribution in [0.25, 0.3) is 10.2 Å². The van der Waals surface area contributed by atoms with Crippen LogP contribution in [0.15, 0.2) is 24.3 Å². The number of carbonyl (C=O) groups excluding carboxylic acids is 1. The van der Waals surface area contributed by atoms with Crippen LogP contribution in [0.2, 0.25) is 0 Å². The van der Waals surface area contributed by atoms with Gasteiger partial charge in [-0.15, -0.1) is 11.3 Å². The standard InChI is InChI=1S/C20H20FN3OS/c1-10-7-12-4-5-14(8-13(12)9-16(10)21)24-19(25)18-17(22)15-6-3-11(2)23-20(15)26-18/h3,6-7,9,14H,4-5,8,22H2,1-2H3,(H,24,25)/t14-/m0/s1. The molecular formula is C20H20FN3OS. The fourth-order valence-electron chi connectivity index (χ4n) is 3.53. The molecule has 134 valence electrons. The molecule has 0 bridgehead atoms. The number of nitrogen functional groups attached to an aromatic ring is 1. The van der Waals surface area contributed by atoms with Gasteiger partial charge in [-0.25, -0.2) is 9.37 Å². The van der Waals surface area contributed by atoms with Gasteiger partial charge in [0.2, 0.25) is 0 Å². The monoisotopic (exact) mass is 369 g/mol. The topological polar surface area (TPSA) is 68.0 Å². The second kappa shape index (κ2) is 6.36. The Morgan fingerprint density at radius 3 is 2.92 bits per heavy atom. The summed E-state index contributed by atoms with van der Waals surface area (Å²) in [6.07, 6.45) is 2.32. The molecule has 4 nitrogen and oxygen atoms in total. The van der Waals surface area contributed by atoms with E-state index in [1.54, 1.807) is 13.0 Å². The lowest BCUT2D eigenvalue weighted by molar-refractivity contribution is 0.0938. The summed E-state index contributed by atoms with van der Waals surface area (Å²) >= 11 is 1.32. The molecule has 0 fully saturated rings. The van der Waals surface area contributed by atoms with Gasteiger partial charge in [0.15, 0.2) is 0 Å². The van der Waals surface area contributed by atoms with Crippen LogP contribution in [0, 0.1) is 19.7 Å². The predicted octanol–water partition coefficient (Wildman–Crippen LogP) is 3.92. The van der Waals surface area contributed by atoms with Crippen molar-refractivity contribution in [2.24, 2.45) is 0 Å². The number of fused-ring (bicyclic) bond motifs is 2. The third-order valence-electron chi connectivity index (χ3n) is 4.98. The molecule has 4 rings (SSSR count). The SMILES string of the molecule is Cc1ccc2c(N)c(C(=O)N[C@H]3CCc4cc(C)c(F)cc4C3)sc2n1. The molecule has 6 heteroatoms. The number of nitrogens with one attached hydrogen (secondary N) is 1. The first-order chi connectivity index (χ1) is 12.4. The summed E-state index contributed by atoms with van der Waals surface area (Å²) in [6.45, 7) is 3.69. The highest BCUT2D eigenvalue weighted by molar-refractivity contribution is 7.21. The third kappa shape index (κ3) is 2.94. The van der Waals surface area contributed by atoms with Gasteiger partial charge in [-0.05, 0) is 68.0 Å². The van der Waals surface area contributed by atoms with Crippen molar-refractivity contribution >= 4 is 33.1 Å². The first-order valence-electron chi connectivity index (χ1n) is 8.66. The largest absolute Gasteiger partial charge is 0.397 e. The highest BCUT2D eigenvalue weighted by Crippen LogP contribution is 2.33. The molecule has 3 aromatic rings. The van der Waals surface area contributed by atoms with E-state index in [1.807, 2.05) is 25.1 Å². The number of hydrogen-bond donors (Lipinski definition) is 2. The van der Waals surface area contributed by atoms with Crippen molar-refractivity contribution in [3.8, 4) is 0 Å². The number of nitrogens with two attached hydrogens (primary N) is 1. The molecule has 1 aromatic carbocycles. The molecule has 26 heavy (non-hydrogen) atoms. The van der Waals surface area contributed by atoms with Crippen LogP contribution in [0.5, 0.6) is 0 Å².